The third-order valence-corrected chi connectivity index (χ3v) is 5.21. The van der Waals surface area contributed by atoms with E-state index in [1.165, 1.54) is 5.56 Å². The molecule has 0 aliphatic carbocycles. The average Bonchev–Trinajstić information content (AvgIpc) is 2.72. The number of nitrogens with one attached hydrogen (secondary N) is 1. The third kappa shape index (κ3) is 6.15. The summed E-state index contributed by atoms with van der Waals surface area (Å²) < 4.78 is 0. The molecule has 1 N–H and O–H groups in total. The highest BCUT2D eigenvalue weighted by atomic mass is 16.1. The number of nitrogens with zero attached hydrogens (tertiary/aromatic N) is 3. The van der Waals surface area contributed by atoms with E-state index in [2.05, 4.69) is 57.5 Å². The Morgan fingerprint density at radius 1 is 1.15 bits per heavy atom. The normalized spacial score (nSPS) is 18.3. The number of carbonyl (C=O) groups is 1. The molecule has 1 aliphatic heterocycles. The van der Waals surface area contributed by atoms with Gasteiger partial charge in [0, 0.05) is 57.6 Å². The average molecular weight is 367 g/mol. The van der Waals surface area contributed by atoms with Gasteiger partial charge >= 0.3 is 0 Å². The second-order valence-corrected chi connectivity index (χ2v) is 7.28. The van der Waals surface area contributed by atoms with Crippen molar-refractivity contribution in [2.45, 2.75) is 25.3 Å². The number of aromatic nitrogens is 1. The van der Waals surface area contributed by atoms with Gasteiger partial charge in [-0.05, 0) is 43.1 Å². The van der Waals surface area contributed by atoms with Gasteiger partial charge in [0.15, 0.2) is 0 Å². The van der Waals surface area contributed by atoms with Gasteiger partial charge < -0.3 is 10.2 Å². The number of rotatable bonds is 8. The number of amides is 1. The molecule has 5 nitrogen and oxygen atoms in total. The molecule has 2 aromatic rings. The molecule has 2 heterocycles. The Bertz CT molecular complexity index is 692. The number of benzene rings is 1. The van der Waals surface area contributed by atoms with Crippen LogP contribution in [0.25, 0.3) is 0 Å². The first-order valence-corrected chi connectivity index (χ1v) is 9.85. The van der Waals surface area contributed by atoms with Crippen molar-refractivity contribution in [2.75, 3.05) is 39.8 Å². The Labute approximate surface area is 162 Å². The molecule has 1 saturated heterocycles. The molecule has 27 heavy (non-hydrogen) atoms. The summed E-state index contributed by atoms with van der Waals surface area (Å²) in [6.45, 7) is 4.98. The molecule has 1 aromatic heterocycles. The fraction of sp³-hybridized carbons (Fsp3) is 0.455. The molecule has 3 rings (SSSR count). The quantitative estimate of drug-likeness (QED) is 0.730. The lowest BCUT2D eigenvalue weighted by Crippen LogP contribution is -2.47. The van der Waals surface area contributed by atoms with Crippen molar-refractivity contribution < 1.29 is 4.79 Å². The van der Waals surface area contributed by atoms with Crippen molar-refractivity contribution in [1.29, 1.82) is 0 Å². The van der Waals surface area contributed by atoms with Crippen LogP contribution in [-0.4, -0.2) is 60.5 Å². The Kier molecular flexibility index (Phi) is 7.36. The maximum absolute atomic E-state index is 12.0. The van der Waals surface area contributed by atoms with E-state index in [9.17, 15) is 4.79 Å². The van der Waals surface area contributed by atoms with Gasteiger partial charge in [-0.3, -0.25) is 14.7 Å². The first kappa shape index (κ1) is 19.5. The van der Waals surface area contributed by atoms with E-state index in [1.807, 2.05) is 12.1 Å². The molecule has 1 atom stereocenters. The molecule has 0 radical (unpaired) electrons. The molecule has 5 heteroatoms. The summed E-state index contributed by atoms with van der Waals surface area (Å²) in [5, 5.41) is 3.06. The monoisotopic (exact) mass is 366 g/mol. The summed E-state index contributed by atoms with van der Waals surface area (Å²) in [6.07, 6.45) is 5.82. The zero-order chi connectivity index (χ0) is 18.9. The molecular weight excluding hydrogens is 336 g/mol. The van der Waals surface area contributed by atoms with Crippen LogP contribution in [0.2, 0.25) is 0 Å². The zero-order valence-electron chi connectivity index (χ0n) is 16.2. The number of carbonyl (C=O) groups excluding carboxylic acids is 1. The highest BCUT2D eigenvalue weighted by Crippen LogP contribution is 2.24. The molecule has 1 fully saturated rings. The minimum absolute atomic E-state index is 0.129. The fourth-order valence-electron chi connectivity index (χ4n) is 3.62. The number of aryl methyl sites for hydroxylation is 1. The van der Waals surface area contributed by atoms with Crippen LogP contribution in [0.4, 0.5) is 0 Å². The standard InChI is InChI=1S/C22H30N4O/c1-25-16-17-26(21(18-25)20-6-3-2-4-7-20)15-5-12-24-22(27)9-8-19-10-13-23-14-11-19/h2-4,6-7,10-11,13-14,21H,5,8-9,12,15-18H2,1H3,(H,24,27)/t21-/m1/s1. The SMILES string of the molecule is CN1CCN(CCCNC(=O)CCc2ccncc2)[C@@H](c2ccccc2)C1. The van der Waals surface area contributed by atoms with E-state index >= 15 is 0 Å². The van der Waals surface area contributed by atoms with Gasteiger partial charge in [0.25, 0.3) is 0 Å². The molecule has 1 amide bonds. The Balaban J connectivity index is 1.40. The molecular formula is C22H30N4O. The number of likely N-dealkylation sites (N-methyl/N-ethyl adjacent to an activating group) is 1. The van der Waals surface area contributed by atoms with Gasteiger partial charge in [0.2, 0.25) is 5.91 Å². The minimum Gasteiger partial charge on any atom is -0.356 e. The first-order chi connectivity index (χ1) is 13.2. The van der Waals surface area contributed by atoms with E-state index in [1.54, 1.807) is 12.4 Å². The second-order valence-electron chi connectivity index (χ2n) is 7.28. The summed E-state index contributed by atoms with van der Waals surface area (Å²) in [5.41, 5.74) is 2.54. The summed E-state index contributed by atoms with van der Waals surface area (Å²) in [7, 11) is 2.19. The van der Waals surface area contributed by atoms with E-state index in [0.717, 1.165) is 51.1 Å². The van der Waals surface area contributed by atoms with Crippen LogP contribution in [0.15, 0.2) is 54.9 Å². The lowest BCUT2D eigenvalue weighted by molar-refractivity contribution is -0.121. The van der Waals surface area contributed by atoms with Gasteiger partial charge in [0.1, 0.15) is 0 Å². The van der Waals surface area contributed by atoms with Crippen molar-refractivity contribution in [3.05, 3.63) is 66.0 Å². The zero-order valence-corrected chi connectivity index (χ0v) is 16.2. The van der Waals surface area contributed by atoms with Crippen LogP contribution in [0.1, 0.15) is 30.0 Å². The van der Waals surface area contributed by atoms with Crippen LogP contribution < -0.4 is 5.32 Å². The Hall–Kier alpha value is -2.24. The van der Waals surface area contributed by atoms with Gasteiger partial charge in [-0.25, -0.2) is 0 Å². The fourth-order valence-corrected chi connectivity index (χ4v) is 3.62. The third-order valence-electron chi connectivity index (χ3n) is 5.21. The van der Waals surface area contributed by atoms with Crippen molar-refractivity contribution in [2.24, 2.45) is 0 Å². The van der Waals surface area contributed by atoms with Gasteiger partial charge in [-0.2, -0.15) is 0 Å². The van der Waals surface area contributed by atoms with Gasteiger partial charge in [-0.1, -0.05) is 30.3 Å². The van der Waals surface area contributed by atoms with Gasteiger partial charge in [-0.15, -0.1) is 0 Å². The van der Waals surface area contributed by atoms with Crippen molar-refractivity contribution in [1.82, 2.24) is 20.1 Å². The smallest absolute Gasteiger partial charge is 0.220 e. The molecule has 0 saturated carbocycles. The van der Waals surface area contributed by atoms with E-state index in [4.69, 9.17) is 0 Å². The summed E-state index contributed by atoms with van der Waals surface area (Å²) in [6, 6.07) is 15.1. The van der Waals surface area contributed by atoms with Crippen molar-refractivity contribution in [3.63, 3.8) is 0 Å². The number of hydrogen-bond acceptors (Lipinski definition) is 4. The predicted octanol–water partition coefficient (Wildman–Crippen LogP) is 2.51. The van der Waals surface area contributed by atoms with Crippen molar-refractivity contribution >= 4 is 5.91 Å². The van der Waals surface area contributed by atoms with E-state index in [-0.39, 0.29) is 5.91 Å². The Morgan fingerprint density at radius 3 is 2.70 bits per heavy atom. The molecule has 0 spiro atoms. The largest absolute Gasteiger partial charge is 0.356 e. The van der Waals surface area contributed by atoms with Crippen molar-refractivity contribution in [3.8, 4) is 0 Å². The number of pyridine rings is 1. The molecule has 0 unspecified atom stereocenters. The summed E-state index contributed by atoms with van der Waals surface area (Å²) >= 11 is 0. The minimum atomic E-state index is 0.129. The number of hydrogen-bond donors (Lipinski definition) is 1. The topological polar surface area (TPSA) is 48.5 Å². The highest BCUT2D eigenvalue weighted by Gasteiger charge is 2.25. The Morgan fingerprint density at radius 2 is 1.93 bits per heavy atom. The van der Waals surface area contributed by atoms with Gasteiger partial charge in [0.05, 0.1) is 0 Å². The summed E-state index contributed by atoms with van der Waals surface area (Å²) in [4.78, 5) is 21.0. The maximum Gasteiger partial charge on any atom is 0.220 e. The second kappa shape index (κ2) is 10.2. The van der Waals surface area contributed by atoms with Crippen LogP contribution in [0.3, 0.4) is 0 Å². The lowest BCUT2D eigenvalue weighted by atomic mass is 10.0. The molecule has 0 bridgehead atoms. The lowest BCUT2D eigenvalue weighted by Gasteiger charge is -2.40. The molecule has 1 aliphatic rings. The van der Waals surface area contributed by atoms with Crippen LogP contribution in [0.5, 0.6) is 0 Å². The number of piperazine rings is 1. The van der Waals surface area contributed by atoms with Crippen LogP contribution in [-0.2, 0) is 11.2 Å². The van der Waals surface area contributed by atoms with E-state index < -0.39 is 0 Å². The van der Waals surface area contributed by atoms with Crippen LogP contribution >= 0.6 is 0 Å². The predicted molar refractivity (Wildman–Crippen MR) is 108 cm³/mol. The first-order valence-electron chi connectivity index (χ1n) is 9.85. The van der Waals surface area contributed by atoms with E-state index in [0.29, 0.717) is 12.5 Å². The summed E-state index contributed by atoms with van der Waals surface area (Å²) in [5.74, 6) is 0.129. The molecule has 144 valence electrons. The molecule has 1 aromatic carbocycles. The van der Waals surface area contributed by atoms with Crippen LogP contribution in [0, 0.1) is 0 Å². The maximum atomic E-state index is 12.0. The highest BCUT2D eigenvalue weighted by molar-refractivity contribution is 5.76.